The van der Waals surface area contributed by atoms with Crippen LogP contribution in [0.15, 0.2) is 40.6 Å². The molecule has 0 aliphatic carbocycles. The zero-order valence-electron chi connectivity index (χ0n) is 17.0. The molecule has 0 aliphatic heterocycles. The standard InChI is InChI=1S/C19H19ClN6O5S/c1-10(27)22-15-6-17(21-9-12(28)8-20)18(31-2)7-16(15)23-24-19-13-5-11(26(29)30)3-4-14(13)25-32-19/h3-7,12,21,28H,8-9H2,1-2H3,(H,22,27). The molecule has 0 saturated heterocycles. The van der Waals surface area contributed by atoms with E-state index in [1.807, 2.05) is 0 Å². The van der Waals surface area contributed by atoms with E-state index in [2.05, 4.69) is 25.2 Å². The zero-order valence-corrected chi connectivity index (χ0v) is 18.6. The first kappa shape index (κ1) is 23.3. The van der Waals surface area contributed by atoms with E-state index in [9.17, 15) is 20.0 Å². The van der Waals surface area contributed by atoms with Crippen LogP contribution < -0.4 is 15.4 Å². The largest absolute Gasteiger partial charge is 0.495 e. The number of amides is 1. The quantitative estimate of drug-likeness (QED) is 0.176. The molecule has 0 bridgehead atoms. The van der Waals surface area contributed by atoms with Gasteiger partial charge >= 0.3 is 0 Å². The Hall–Kier alpha value is -3.35. The molecule has 32 heavy (non-hydrogen) atoms. The predicted octanol–water partition coefficient (Wildman–Crippen LogP) is 4.60. The monoisotopic (exact) mass is 478 g/mol. The predicted molar refractivity (Wildman–Crippen MR) is 123 cm³/mol. The van der Waals surface area contributed by atoms with Crippen molar-refractivity contribution in [3.63, 3.8) is 0 Å². The van der Waals surface area contributed by atoms with Crippen LogP contribution in [0.2, 0.25) is 0 Å². The first-order chi connectivity index (χ1) is 15.3. The maximum atomic E-state index is 11.7. The van der Waals surface area contributed by atoms with Gasteiger partial charge < -0.3 is 20.5 Å². The first-order valence-corrected chi connectivity index (χ1v) is 10.6. The number of aliphatic hydroxyl groups is 1. The number of methoxy groups -OCH3 is 1. The number of carbonyl (C=O) groups is 1. The van der Waals surface area contributed by atoms with Gasteiger partial charge in [-0.05, 0) is 23.7 Å². The molecule has 3 rings (SSSR count). The second kappa shape index (κ2) is 10.3. The Morgan fingerprint density at radius 3 is 2.78 bits per heavy atom. The molecule has 1 aromatic heterocycles. The summed E-state index contributed by atoms with van der Waals surface area (Å²) in [4.78, 5) is 22.3. The Morgan fingerprint density at radius 2 is 2.12 bits per heavy atom. The van der Waals surface area contributed by atoms with Crippen LogP contribution in [0.4, 0.5) is 27.8 Å². The number of alkyl halides is 1. The van der Waals surface area contributed by atoms with Crippen LogP contribution in [-0.4, -0.2) is 45.9 Å². The summed E-state index contributed by atoms with van der Waals surface area (Å²) < 4.78 is 9.61. The number of aromatic nitrogens is 1. The van der Waals surface area contributed by atoms with Gasteiger partial charge in [-0.3, -0.25) is 14.9 Å². The molecule has 2 aromatic carbocycles. The lowest BCUT2D eigenvalue weighted by Crippen LogP contribution is -2.21. The summed E-state index contributed by atoms with van der Waals surface area (Å²) in [5.41, 5.74) is 1.64. The molecule has 1 unspecified atom stereocenters. The number of aliphatic hydroxyl groups excluding tert-OH is 1. The number of nitro benzene ring substituents is 1. The molecule has 0 spiro atoms. The molecule has 3 N–H and O–H groups in total. The van der Waals surface area contributed by atoms with Gasteiger partial charge in [0.05, 0.1) is 40.9 Å². The van der Waals surface area contributed by atoms with Crippen molar-refractivity contribution in [1.82, 2.24) is 4.37 Å². The number of azo groups is 1. The third-order valence-electron chi connectivity index (χ3n) is 4.24. The number of non-ortho nitro benzene ring substituents is 1. The molecule has 1 heterocycles. The number of rotatable bonds is 9. The lowest BCUT2D eigenvalue weighted by atomic mass is 10.2. The Balaban J connectivity index is 1.99. The fourth-order valence-electron chi connectivity index (χ4n) is 2.73. The van der Waals surface area contributed by atoms with E-state index in [-0.39, 0.29) is 24.0 Å². The maximum Gasteiger partial charge on any atom is 0.270 e. The van der Waals surface area contributed by atoms with Crippen LogP contribution in [-0.2, 0) is 4.79 Å². The number of nitro groups is 1. The Kier molecular flexibility index (Phi) is 7.51. The Morgan fingerprint density at radius 1 is 1.34 bits per heavy atom. The van der Waals surface area contributed by atoms with Crippen molar-refractivity contribution in [2.75, 3.05) is 30.2 Å². The third kappa shape index (κ3) is 5.46. The van der Waals surface area contributed by atoms with Gasteiger partial charge in [0.15, 0.2) is 5.00 Å². The molecule has 0 radical (unpaired) electrons. The smallest absolute Gasteiger partial charge is 0.270 e. The van der Waals surface area contributed by atoms with Gasteiger partial charge in [0.2, 0.25) is 5.91 Å². The average Bonchev–Trinajstić information content (AvgIpc) is 3.18. The number of hydrogen-bond acceptors (Lipinski definition) is 10. The maximum absolute atomic E-state index is 11.7. The highest BCUT2D eigenvalue weighted by Gasteiger charge is 2.15. The second-order valence-corrected chi connectivity index (χ2v) is 7.65. The van der Waals surface area contributed by atoms with Crippen molar-refractivity contribution in [2.24, 2.45) is 10.2 Å². The SMILES string of the molecule is COc1cc(N=Nc2snc3ccc([N+](=O)[O-])cc23)c(NC(C)=O)cc1NCC(O)CCl. The molecule has 0 saturated carbocycles. The summed E-state index contributed by atoms with van der Waals surface area (Å²) in [7, 11) is 1.47. The van der Waals surface area contributed by atoms with Gasteiger partial charge in [-0.1, -0.05) is 0 Å². The minimum atomic E-state index is -0.770. The number of hydrogen-bond donors (Lipinski definition) is 3. The Labute approximate surface area is 191 Å². The number of ether oxygens (including phenoxy) is 1. The van der Waals surface area contributed by atoms with Crippen molar-refractivity contribution in [3.8, 4) is 5.75 Å². The van der Waals surface area contributed by atoms with Crippen LogP contribution >= 0.6 is 23.1 Å². The number of benzene rings is 2. The fraction of sp³-hybridized carbons (Fsp3) is 0.263. The molecule has 13 heteroatoms. The van der Waals surface area contributed by atoms with Crippen molar-refractivity contribution < 1.29 is 19.6 Å². The molecule has 0 aliphatic rings. The van der Waals surface area contributed by atoms with Crippen molar-refractivity contribution in [1.29, 1.82) is 0 Å². The van der Waals surface area contributed by atoms with Gasteiger partial charge in [0, 0.05) is 37.1 Å². The second-order valence-electron chi connectivity index (χ2n) is 6.59. The number of nitrogens with one attached hydrogen (secondary N) is 2. The van der Waals surface area contributed by atoms with Crippen LogP contribution in [0, 0.1) is 10.1 Å². The molecule has 3 aromatic rings. The molecule has 1 atom stereocenters. The van der Waals surface area contributed by atoms with Crippen LogP contribution in [0.5, 0.6) is 5.75 Å². The van der Waals surface area contributed by atoms with Gasteiger partial charge in [-0.15, -0.1) is 21.8 Å². The van der Waals surface area contributed by atoms with Crippen LogP contribution in [0.25, 0.3) is 10.9 Å². The van der Waals surface area contributed by atoms with E-state index < -0.39 is 11.0 Å². The number of halogens is 1. The molecule has 0 fully saturated rings. The zero-order chi connectivity index (χ0) is 23.3. The minimum Gasteiger partial charge on any atom is -0.495 e. The Bertz CT molecular complexity index is 1180. The lowest BCUT2D eigenvalue weighted by Gasteiger charge is -2.16. The molecule has 168 valence electrons. The van der Waals surface area contributed by atoms with E-state index in [1.165, 1.54) is 26.2 Å². The van der Waals surface area contributed by atoms with Gasteiger partial charge in [0.1, 0.15) is 11.4 Å². The summed E-state index contributed by atoms with van der Waals surface area (Å²) >= 11 is 6.67. The van der Waals surface area contributed by atoms with Gasteiger partial charge in [0.25, 0.3) is 5.69 Å². The number of nitrogens with zero attached hydrogens (tertiary/aromatic N) is 4. The third-order valence-corrected chi connectivity index (χ3v) is 5.35. The highest BCUT2D eigenvalue weighted by atomic mass is 35.5. The summed E-state index contributed by atoms with van der Waals surface area (Å²) in [6, 6.07) is 7.47. The van der Waals surface area contributed by atoms with E-state index in [0.717, 1.165) is 11.5 Å². The lowest BCUT2D eigenvalue weighted by molar-refractivity contribution is -0.384. The van der Waals surface area contributed by atoms with Crippen LogP contribution in [0.3, 0.4) is 0 Å². The highest BCUT2D eigenvalue weighted by molar-refractivity contribution is 7.11. The van der Waals surface area contributed by atoms with E-state index in [0.29, 0.717) is 38.7 Å². The van der Waals surface area contributed by atoms with E-state index in [1.54, 1.807) is 18.2 Å². The summed E-state index contributed by atoms with van der Waals surface area (Å²) in [6.45, 7) is 1.53. The van der Waals surface area contributed by atoms with E-state index in [4.69, 9.17) is 16.3 Å². The van der Waals surface area contributed by atoms with Crippen LogP contribution in [0.1, 0.15) is 6.92 Å². The molecule has 11 nitrogen and oxygen atoms in total. The summed E-state index contributed by atoms with van der Waals surface area (Å²) in [6.07, 6.45) is -0.770. The normalized spacial score (nSPS) is 12.1. The van der Waals surface area contributed by atoms with Crippen molar-refractivity contribution in [2.45, 2.75) is 13.0 Å². The molecule has 1 amide bonds. The summed E-state index contributed by atoms with van der Waals surface area (Å²) in [5, 5.41) is 35.8. The van der Waals surface area contributed by atoms with Crippen molar-refractivity contribution >= 4 is 67.7 Å². The van der Waals surface area contributed by atoms with Gasteiger partial charge in [-0.25, -0.2) is 0 Å². The van der Waals surface area contributed by atoms with E-state index >= 15 is 0 Å². The number of fused-ring (bicyclic) bond motifs is 1. The van der Waals surface area contributed by atoms with Gasteiger partial charge in [-0.2, -0.15) is 4.37 Å². The molecular weight excluding hydrogens is 460 g/mol. The summed E-state index contributed by atoms with van der Waals surface area (Å²) in [5.74, 6) is 0.137. The highest BCUT2D eigenvalue weighted by Crippen LogP contribution is 2.39. The minimum absolute atomic E-state index is 0.0567. The average molecular weight is 479 g/mol. The number of carbonyl (C=O) groups excluding carboxylic acids is 1. The first-order valence-electron chi connectivity index (χ1n) is 9.25. The van der Waals surface area contributed by atoms with Crippen molar-refractivity contribution in [3.05, 3.63) is 40.4 Å². The number of anilines is 2. The fourth-order valence-corrected chi connectivity index (χ4v) is 3.52. The molecular formula is C19H19ClN6O5S. The topological polar surface area (TPSA) is 151 Å².